The Labute approximate surface area is 123 Å². The summed E-state index contributed by atoms with van der Waals surface area (Å²) in [6.45, 7) is 0.620. The van der Waals surface area contributed by atoms with Crippen LogP contribution in [0.5, 0.6) is 0 Å². The fourth-order valence-electron chi connectivity index (χ4n) is 2.05. The van der Waals surface area contributed by atoms with Crippen LogP contribution in [0.1, 0.15) is 16.8 Å². The van der Waals surface area contributed by atoms with Crippen molar-refractivity contribution in [2.24, 2.45) is 5.92 Å². The van der Waals surface area contributed by atoms with E-state index in [1.54, 1.807) is 0 Å². The normalized spacial score (nSPS) is 18.9. The molecule has 7 heteroatoms. The lowest BCUT2D eigenvalue weighted by atomic mass is 10.1. The molecule has 1 fully saturated rings. The van der Waals surface area contributed by atoms with Crippen LogP contribution >= 0.6 is 11.8 Å². The van der Waals surface area contributed by atoms with Crippen LogP contribution in [0.2, 0.25) is 0 Å². The van der Waals surface area contributed by atoms with E-state index < -0.39 is 9.84 Å². The molecular weight excluding hydrogens is 296 g/mol. The van der Waals surface area contributed by atoms with Crippen LogP contribution < -0.4 is 11.1 Å². The zero-order chi connectivity index (χ0) is 14.8. The van der Waals surface area contributed by atoms with E-state index in [0.717, 1.165) is 24.2 Å². The third kappa shape index (κ3) is 3.89. The Kier molecular flexibility index (Phi) is 4.59. The third-order valence-electron chi connectivity index (χ3n) is 3.19. The molecule has 3 N–H and O–H groups in total. The molecule has 1 saturated heterocycles. The molecule has 0 aliphatic carbocycles. The second kappa shape index (κ2) is 6.05. The molecular formula is C13H18N2O3S2. The quantitative estimate of drug-likeness (QED) is 0.814. The largest absolute Gasteiger partial charge is 0.399 e. The van der Waals surface area contributed by atoms with E-state index in [0.29, 0.717) is 12.5 Å². The second-order valence-corrected chi connectivity index (χ2v) is 8.17. The summed E-state index contributed by atoms with van der Waals surface area (Å²) in [5, 5.41) is 2.84. The van der Waals surface area contributed by atoms with Crippen molar-refractivity contribution in [3.63, 3.8) is 0 Å². The molecule has 0 spiro atoms. The van der Waals surface area contributed by atoms with Crippen LogP contribution in [0.25, 0.3) is 0 Å². The van der Waals surface area contributed by atoms with Gasteiger partial charge in [-0.25, -0.2) is 8.42 Å². The van der Waals surface area contributed by atoms with Gasteiger partial charge < -0.3 is 11.1 Å². The molecule has 0 radical (unpaired) electrons. The number of hydrogen-bond donors (Lipinski definition) is 2. The van der Waals surface area contributed by atoms with Crippen molar-refractivity contribution in [2.45, 2.75) is 11.3 Å². The Morgan fingerprint density at radius 3 is 2.80 bits per heavy atom. The van der Waals surface area contributed by atoms with Gasteiger partial charge in [0.2, 0.25) is 0 Å². The molecule has 1 aromatic rings. The molecule has 1 aliphatic heterocycles. The molecule has 0 aromatic heterocycles. The molecule has 2 rings (SSSR count). The van der Waals surface area contributed by atoms with Gasteiger partial charge in [0, 0.05) is 24.1 Å². The van der Waals surface area contributed by atoms with Gasteiger partial charge >= 0.3 is 0 Å². The van der Waals surface area contributed by atoms with Crippen molar-refractivity contribution < 1.29 is 13.2 Å². The maximum absolute atomic E-state index is 12.1. The minimum absolute atomic E-state index is 0.0686. The van der Waals surface area contributed by atoms with Crippen molar-refractivity contribution >= 4 is 33.2 Å². The number of amides is 1. The van der Waals surface area contributed by atoms with Crippen LogP contribution in [0.4, 0.5) is 5.69 Å². The summed E-state index contributed by atoms with van der Waals surface area (Å²) in [5.74, 6) is 2.42. The second-order valence-electron chi connectivity index (χ2n) is 5.00. The maximum atomic E-state index is 12.1. The maximum Gasteiger partial charge on any atom is 0.251 e. The number of thioether (sulfide) groups is 1. The highest BCUT2D eigenvalue weighted by Crippen LogP contribution is 2.23. The van der Waals surface area contributed by atoms with Gasteiger partial charge in [0.1, 0.15) is 0 Å². The molecule has 20 heavy (non-hydrogen) atoms. The number of carbonyl (C=O) groups is 1. The lowest BCUT2D eigenvalue weighted by molar-refractivity contribution is 0.0948. The minimum atomic E-state index is -3.38. The fourth-order valence-corrected chi connectivity index (χ4v) is 4.03. The Balaban J connectivity index is 2.11. The van der Waals surface area contributed by atoms with Crippen LogP contribution in [0.15, 0.2) is 23.1 Å². The number of anilines is 1. The van der Waals surface area contributed by atoms with Crippen LogP contribution in [0.3, 0.4) is 0 Å². The van der Waals surface area contributed by atoms with Crippen molar-refractivity contribution in [2.75, 3.05) is 30.0 Å². The van der Waals surface area contributed by atoms with E-state index in [2.05, 4.69) is 5.32 Å². The van der Waals surface area contributed by atoms with Crippen LogP contribution in [-0.2, 0) is 9.84 Å². The van der Waals surface area contributed by atoms with Crippen LogP contribution in [0, 0.1) is 5.92 Å². The first-order chi connectivity index (χ1) is 9.36. The number of hydrogen-bond acceptors (Lipinski definition) is 5. The summed E-state index contributed by atoms with van der Waals surface area (Å²) in [7, 11) is -3.38. The van der Waals surface area contributed by atoms with Gasteiger partial charge in [-0.15, -0.1) is 0 Å². The molecule has 1 amide bonds. The number of nitrogens with two attached hydrogens (primary N) is 1. The first kappa shape index (κ1) is 15.2. The number of nitrogen functional groups attached to an aromatic ring is 1. The lowest BCUT2D eigenvalue weighted by Gasteiger charge is -2.11. The van der Waals surface area contributed by atoms with Gasteiger partial charge in [0.05, 0.1) is 4.90 Å². The predicted molar refractivity (Wildman–Crippen MR) is 81.7 cm³/mol. The summed E-state index contributed by atoms with van der Waals surface area (Å²) >= 11 is 1.89. The number of sulfone groups is 1. The molecule has 5 nitrogen and oxygen atoms in total. The number of benzene rings is 1. The number of carbonyl (C=O) groups excluding carboxylic acids is 1. The van der Waals surface area contributed by atoms with Crippen molar-refractivity contribution in [1.82, 2.24) is 5.32 Å². The summed E-state index contributed by atoms with van der Waals surface area (Å²) in [6.07, 6.45) is 2.20. The minimum Gasteiger partial charge on any atom is -0.399 e. The van der Waals surface area contributed by atoms with E-state index in [9.17, 15) is 13.2 Å². The van der Waals surface area contributed by atoms with E-state index in [1.165, 1.54) is 18.2 Å². The van der Waals surface area contributed by atoms with E-state index in [4.69, 9.17) is 5.73 Å². The van der Waals surface area contributed by atoms with Crippen molar-refractivity contribution in [1.29, 1.82) is 0 Å². The summed E-state index contributed by atoms with van der Waals surface area (Å²) in [4.78, 5) is 12.1. The third-order valence-corrected chi connectivity index (χ3v) is 5.52. The Hall–Kier alpha value is -1.21. The summed E-state index contributed by atoms with van der Waals surface area (Å²) in [6, 6.07) is 4.22. The van der Waals surface area contributed by atoms with E-state index in [-0.39, 0.29) is 22.1 Å². The van der Waals surface area contributed by atoms with Gasteiger partial charge in [-0.2, -0.15) is 11.8 Å². The lowest BCUT2D eigenvalue weighted by Crippen LogP contribution is -2.29. The highest BCUT2D eigenvalue weighted by molar-refractivity contribution is 7.99. The van der Waals surface area contributed by atoms with Crippen LogP contribution in [-0.4, -0.2) is 38.6 Å². The molecule has 0 saturated carbocycles. The molecule has 1 unspecified atom stereocenters. The van der Waals surface area contributed by atoms with Gasteiger partial charge in [0.15, 0.2) is 9.84 Å². The molecule has 1 atom stereocenters. The summed E-state index contributed by atoms with van der Waals surface area (Å²) in [5.41, 5.74) is 6.23. The Morgan fingerprint density at radius 2 is 2.20 bits per heavy atom. The predicted octanol–water partition coefficient (Wildman–Crippen LogP) is 1.16. The monoisotopic (exact) mass is 314 g/mol. The standard InChI is InChI=1S/C13H18N2O3S2/c1-20(17,18)12-5-10(4-11(14)6-12)13(16)15-7-9-2-3-19-8-9/h4-6,9H,2-3,7-8,14H2,1H3,(H,15,16). The first-order valence-electron chi connectivity index (χ1n) is 6.33. The molecule has 110 valence electrons. The average molecular weight is 314 g/mol. The molecule has 1 aromatic carbocycles. The fraction of sp³-hybridized carbons (Fsp3) is 0.462. The van der Waals surface area contributed by atoms with Gasteiger partial charge in [0.25, 0.3) is 5.91 Å². The topological polar surface area (TPSA) is 89.3 Å². The average Bonchev–Trinajstić information content (AvgIpc) is 2.87. The van der Waals surface area contributed by atoms with E-state index >= 15 is 0 Å². The number of rotatable bonds is 4. The first-order valence-corrected chi connectivity index (χ1v) is 9.37. The highest BCUT2D eigenvalue weighted by atomic mass is 32.2. The van der Waals surface area contributed by atoms with E-state index in [1.807, 2.05) is 11.8 Å². The Bertz CT molecular complexity index is 608. The van der Waals surface area contributed by atoms with Gasteiger partial charge in [-0.3, -0.25) is 4.79 Å². The van der Waals surface area contributed by atoms with Gasteiger partial charge in [-0.05, 0) is 42.0 Å². The van der Waals surface area contributed by atoms with Crippen molar-refractivity contribution in [3.8, 4) is 0 Å². The molecule has 1 heterocycles. The van der Waals surface area contributed by atoms with Crippen molar-refractivity contribution in [3.05, 3.63) is 23.8 Å². The summed E-state index contributed by atoms with van der Waals surface area (Å²) < 4.78 is 23.1. The molecule has 1 aliphatic rings. The smallest absolute Gasteiger partial charge is 0.251 e. The SMILES string of the molecule is CS(=O)(=O)c1cc(N)cc(C(=O)NCC2CCSC2)c1. The molecule has 0 bridgehead atoms. The number of nitrogens with one attached hydrogen (secondary N) is 1. The zero-order valence-electron chi connectivity index (χ0n) is 11.3. The Morgan fingerprint density at radius 1 is 1.45 bits per heavy atom. The zero-order valence-corrected chi connectivity index (χ0v) is 12.9. The van der Waals surface area contributed by atoms with Gasteiger partial charge in [-0.1, -0.05) is 0 Å². The highest BCUT2D eigenvalue weighted by Gasteiger charge is 2.18.